The van der Waals surface area contributed by atoms with Gasteiger partial charge >= 0.3 is 24.1 Å². The monoisotopic (exact) mass is 928 g/mol. The lowest BCUT2D eigenvalue weighted by Crippen LogP contribution is -2.54. The van der Waals surface area contributed by atoms with Gasteiger partial charge in [0.15, 0.2) is 17.1 Å². The highest BCUT2D eigenvalue weighted by molar-refractivity contribution is 6.32. The molecule has 17 heteroatoms. The third-order valence-corrected chi connectivity index (χ3v) is 11.0. The number of ether oxygens (including phenoxy) is 3. The molecule has 14 nitrogen and oxygen atoms in total. The molecule has 4 aromatic rings. The zero-order valence-corrected chi connectivity index (χ0v) is 36.4. The van der Waals surface area contributed by atoms with Crippen molar-refractivity contribution in [1.82, 2.24) is 19.8 Å². The Morgan fingerprint density at radius 3 is 1.44 bits per heavy atom. The van der Waals surface area contributed by atoms with Crippen LogP contribution in [0.1, 0.15) is 112 Å². The van der Waals surface area contributed by atoms with Crippen LogP contribution in [0.2, 0.25) is 10.0 Å². The molecule has 1 N–H and O–H groups in total. The van der Waals surface area contributed by atoms with Gasteiger partial charge in [0.25, 0.3) is 0 Å². The summed E-state index contributed by atoms with van der Waals surface area (Å²) in [4.78, 5) is 83.4. The van der Waals surface area contributed by atoms with E-state index in [9.17, 15) is 28.8 Å². The number of carboxylic acids is 1. The average molecular weight is 930 g/mol. The van der Waals surface area contributed by atoms with Gasteiger partial charge in [0.05, 0.1) is 11.1 Å². The molecule has 0 bridgehead atoms. The summed E-state index contributed by atoms with van der Waals surface area (Å²) in [7, 11) is 3.07. The van der Waals surface area contributed by atoms with Crippen molar-refractivity contribution in [2.75, 3.05) is 14.1 Å². The molecule has 2 amide bonds. The number of hydrogen-bond acceptors (Lipinski definition) is 11. The number of likely N-dealkylation sites (N-methyl/N-ethyl adjacent to an activating group) is 2. The lowest BCUT2D eigenvalue weighted by atomic mass is 9.74. The van der Waals surface area contributed by atoms with Crippen LogP contribution >= 0.6 is 34.8 Å². The number of benzene rings is 2. The maximum absolute atomic E-state index is 13.1. The van der Waals surface area contributed by atoms with Crippen LogP contribution in [0.5, 0.6) is 0 Å². The summed E-state index contributed by atoms with van der Waals surface area (Å²) in [6, 6.07) is 20.3. The first kappa shape index (κ1) is 53.6. The van der Waals surface area contributed by atoms with Crippen LogP contribution in [-0.4, -0.2) is 86.5 Å². The fourth-order valence-corrected chi connectivity index (χ4v) is 7.89. The van der Waals surface area contributed by atoms with Crippen LogP contribution in [0, 0.1) is 0 Å². The van der Waals surface area contributed by atoms with Crippen LogP contribution < -0.4 is 0 Å². The highest BCUT2D eigenvalue weighted by Crippen LogP contribution is 2.44. The standard InChI is InChI=1S/C22H23ClN2O5.C16H19Cl2NO3.C6H5NO2.2CH4/c1-15(29-20(27)16-8-7-13-24-14-16)30-21(28)25(2)22(12-6-5-11-19(22)26)17-9-3-4-10-18(17)23;1-11(17)22-15(21)19(2)16(10-6-5-9-14(16)20)12-7-3-4-8-13(12)18;8-6(9)5-2-1-3-7-4-5;;/h3-4,7-10,13-15H,5-6,11-12H2,1-2H3;3-4,7-8,11H,5-6,9-10H2,1-2H3;1-4H,(H,8,9);2*1H4/t15?,22-;11?,16-;;;/m00.../s1. The number of carbonyl (C=O) groups excluding carboxylic acids is 5. The number of amides is 2. The lowest BCUT2D eigenvalue weighted by Gasteiger charge is -2.43. The minimum atomic E-state index is -1.22. The quantitative estimate of drug-likeness (QED) is 0.0954. The van der Waals surface area contributed by atoms with E-state index in [2.05, 4.69) is 9.97 Å². The molecular weight excluding hydrogens is 875 g/mol. The smallest absolute Gasteiger partial charge is 0.413 e. The van der Waals surface area contributed by atoms with Crippen molar-refractivity contribution in [3.63, 3.8) is 0 Å². The summed E-state index contributed by atoms with van der Waals surface area (Å²) in [5.41, 5.74) is -1.41. The van der Waals surface area contributed by atoms with E-state index >= 15 is 0 Å². The first-order chi connectivity index (χ1) is 29.1. The van der Waals surface area contributed by atoms with Crippen molar-refractivity contribution in [1.29, 1.82) is 0 Å². The summed E-state index contributed by atoms with van der Waals surface area (Å²) in [5.74, 6) is -1.72. The van der Waals surface area contributed by atoms with Gasteiger partial charge in [-0.25, -0.2) is 19.2 Å². The molecule has 4 atom stereocenters. The summed E-state index contributed by atoms with van der Waals surface area (Å²) in [6.45, 7) is 2.99. The Labute approximate surface area is 383 Å². The topological polar surface area (TPSA) is 183 Å². The SMILES string of the molecule is C.C.CC(Cl)OC(=O)N(C)[C@]1(c2ccccc2Cl)CCCCC1=O.CC(OC(=O)c1cccnc1)OC(=O)N(C)[C@]1(c2ccccc2Cl)CCCCC1=O.O=C(O)c1cccnc1. The molecule has 2 fully saturated rings. The highest BCUT2D eigenvalue weighted by Gasteiger charge is 2.50. The number of ketones is 2. The summed E-state index contributed by atoms with van der Waals surface area (Å²) < 4.78 is 15.6. The molecule has 63 heavy (non-hydrogen) atoms. The molecule has 6 rings (SSSR count). The molecule has 2 aliphatic rings. The van der Waals surface area contributed by atoms with Crippen molar-refractivity contribution < 1.29 is 48.1 Å². The van der Waals surface area contributed by atoms with Crippen molar-refractivity contribution >= 4 is 70.5 Å². The van der Waals surface area contributed by atoms with Crippen molar-refractivity contribution in [2.45, 2.75) is 103 Å². The van der Waals surface area contributed by atoms with Crippen LogP contribution in [-0.2, 0) is 34.9 Å². The van der Waals surface area contributed by atoms with Gasteiger partial charge < -0.3 is 19.3 Å². The van der Waals surface area contributed by atoms with Crippen molar-refractivity contribution in [2.24, 2.45) is 0 Å². The second-order valence-corrected chi connectivity index (χ2v) is 15.6. The fraction of sp³-hybridized carbons (Fsp3) is 0.391. The van der Waals surface area contributed by atoms with Crippen molar-refractivity contribution in [3.05, 3.63) is 130 Å². The number of esters is 1. The Morgan fingerprint density at radius 1 is 0.651 bits per heavy atom. The molecule has 2 heterocycles. The number of nitrogens with zero attached hydrogens (tertiary/aromatic N) is 4. The van der Waals surface area contributed by atoms with Crippen LogP contribution in [0.25, 0.3) is 0 Å². The van der Waals surface area contributed by atoms with Gasteiger partial charge in [0, 0.05) is 79.8 Å². The number of alkyl halides is 1. The van der Waals surface area contributed by atoms with E-state index < -0.39 is 47.1 Å². The van der Waals surface area contributed by atoms with E-state index in [1.807, 2.05) is 6.07 Å². The number of rotatable bonds is 9. The van der Waals surface area contributed by atoms with Crippen LogP contribution in [0.15, 0.2) is 97.6 Å². The number of aromatic nitrogens is 2. The minimum absolute atomic E-state index is 0. The minimum Gasteiger partial charge on any atom is -0.478 e. The molecule has 2 saturated carbocycles. The molecule has 2 aliphatic carbocycles. The first-order valence-electron chi connectivity index (χ1n) is 19.4. The predicted molar refractivity (Wildman–Crippen MR) is 241 cm³/mol. The Balaban J connectivity index is 0.000000362. The van der Waals surface area contributed by atoms with E-state index in [4.69, 9.17) is 54.1 Å². The summed E-state index contributed by atoms with van der Waals surface area (Å²) >= 11 is 18.4. The predicted octanol–water partition coefficient (Wildman–Crippen LogP) is 10.7. The number of pyridine rings is 2. The van der Waals surface area contributed by atoms with Gasteiger partial charge in [-0.2, -0.15) is 0 Å². The van der Waals surface area contributed by atoms with Gasteiger partial charge in [0.2, 0.25) is 6.29 Å². The van der Waals surface area contributed by atoms with E-state index in [0.29, 0.717) is 46.9 Å². The second-order valence-electron chi connectivity index (χ2n) is 14.1. The third-order valence-electron chi connectivity index (χ3n) is 10.2. The molecule has 0 spiro atoms. The Kier molecular flexibility index (Phi) is 21.2. The molecule has 0 radical (unpaired) electrons. The van der Waals surface area contributed by atoms with E-state index in [1.165, 1.54) is 54.6 Å². The number of carbonyl (C=O) groups is 6. The Morgan fingerprint density at radius 2 is 1.08 bits per heavy atom. The fourth-order valence-electron chi connectivity index (χ4n) is 7.23. The number of hydrogen-bond donors (Lipinski definition) is 1. The van der Waals surface area contributed by atoms with Crippen molar-refractivity contribution in [3.8, 4) is 0 Å². The van der Waals surface area contributed by atoms with Gasteiger partial charge in [-0.3, -0.25) is 29.4 Å². The Bertz CT molecular complexity index is 2160. The van der Waals surface area contributed by atoms with Gasteiger partial charge in [-0.1, -0.05) is 86.1 Å². The maximum Gasteiger partial charge on any atom is 0.413 e. The zero-order valence-electron chi connectivity index (χ0n) is 34.1. The zero-order chi connectivity index (χ0) is 44.7. The molecule has 2 aromatic heterocycles. The third kappa shape index (κ3) is 13.2. The number of carboxylic acid groups (broad SMARTS) is 1. The lowest BCUT2D eigenvalue weighted by molar-refractivity contribution is -0.135. The molecule has 0 saturated heterocycles. The molecule has 340 valence electrons. The molecule has 2 unspecified atom stereocenters. The molecular formula is C46H55Cl3N4O10. The number of Topliss-reactive ketones (excluding diaryl/α,β-unsaturated/α-hetero) is 2. The van der Waals surface area contributed by atoms with E-state index in [-0.39, 0.29) is 37.5 Å². The van der Waals surface area contributed by atoms with E-state index in [0.717, 1.165) is 25.7 Å². The van der Waals surface area contributed by atoms with Gasteiger partial charge in [-0.15, -0.1) is 0 Å². The summed E-state index contributed by atoms with van der Waals surface area (Å²) in [5, 5.41) is 9.22. The Hall–Kier alpha value is -5.57. The molecule has 0 aliphatic heterocycles. The number of halogens is 3. The highest BCUT2D eigenvalue weighted by atomic mass is 35.5. The van der Waals surface area contributed by atoms with Crippen LogP contribution in [0.4, 0.5) is 9.59 Å². The van der Waals surface area contributed by atoms with Gasteiger partial charge in [-0.05, 0) is 81.8 Å². The largest absolute Gasteiger partial charge is 0.478 e. The van der Waals surface area contributed by atoms with Crippen LogP contribution in [0.3, 0.4) is 0 Å². The maximum atomic E-state index is 13.1. The van der Waals surface area contributed by atoms with Gasteiger partial charge in [0.1, 0.15) is 11.1 Å². The second kappa shape index (κ2) is 24.9. The number of aromatic carboxylic acids is 1. The van der Waals surface area contributed by atoms with E-state index in [1.54, 1.807) is 74.6 Å². The first-order valence-corrected chi connectivity index (χ1v) is 20.6. The average Bonchev–Trinajstić information content (AvgIpc) is 3.25. The molecule has 2 aromatic carbocycles. The summed E-state index contributed by atoms with van der Waals surface area (Å²) in [6.07, 6.45) is 8.06. The normalized spacial score (nSPS) is 18.7.